The number of hydrogen-bond donors (Lipinski definition) is 4. The Kier molecular flexibility index (Phi) is 9.02. The standard InChI is InChI=1S/C25H32N6O3S.ClH/c1-17(2)30-35(32,33)20-7-4-18(5-8-20)29-23-15-25(26)28-16-22(23)21-9-6-19(14-24(21)34-3)31-12-10-27-11-13-31;/h4-9,14-17,27,30H,10-13H2,1-3H3,(H3,26,28,29);1H. The lowest BCUT2D eigenvalue weighted by atomic mass is 10.0. The van der Waals surface area contributed by atoms with Gasteiger partial charge < -0.3 is 26.0 Å². The molecule has 11 heteroatoms. The first-order valence-corrected chi connectivity index (χ1v) is 13.0. The van der Waals surface area contributed by atoms with Crippen molar-refractivity contribution in [1.82, 2.24) is 15.0 Å². The molecule has 194 valence electrons. The minimum Gasteiger partial charge on any atom is -0.496 e. The van der Waals surface area contributed by atoms with Crippen molar-refractivity contribution in [1.29, 1.82) is 0 Å². The van der Waals surface area contributed by atoms with Crippen LogP contribution >= 0.6 is 12.4 Å². The van der Waals surface area contributed by atoms with Crippen LogP contribution in [-0.2, 0) is 10.0 Å². The SMILES string of the molecule is COc1cc(N2CCNCC2)ccc1-c1cnc(N)cc1Nc1ccc(S(=O)(=O)NC(C)C)cc1.Cl. The van der Waals surface area contributed by atoms with E-state index in [4.69, 9.17) is 10.5 Å². The van der Waals surface area contributed by atoms with E-state index in [2.05, 4.69) is 31.3 Å². The summed E-state index contributed by atoms with van der Waals surface area (Å²) in [6.07, 6.45) is 1.71. The molecule has 0 saturated carbocycles. The summed E-state index contributed by atoms with van der Waals surface area (Å²) in [5, 5.41) is 6.72. The van der Waals surface area contributed by atoms with E-state index in [-0.39, 0.29) is 23.3 Å². The lowest BCUT2D eigenvalue weighted by Gasteiger charge is -2.30. The van der Waals surface area contributed by atoms with Gasteiger partial charge in [-0.3, -0.25) is 0 Å². The number of ether oxygens (including phenoxy) is 1. The fourth-order valence-corrected chi connectivity index (χ4v) is 5.31. The Morgan fingerprint density at radius 1 is 1.06 bits per heavy atom. The number of hydrogen-bond acceptors (Lipinski definition) is 8. The van der Waals surface area contributed by atoms with Crippen LogP contribution in [0.15, 0.2) is 59.6 Å². The van der Waals surface area contributed by atoms with Gasteiger partial charge >= 0.3 is 0 Å². The molecule has 0 amide bonds. The number of sulfonamides is 1. The number of nitrogens with two attached hydrogens (primary N) is 1. The fourth-order valence-electron chi connectivity index (χ4n) is 4.06. The fraction of sp³-hybridized carbons (Fsp3) is 0.320. The molecule has 0 spiro atoms. The van der Waals surface area contributed by atoms with Crippen molar-refractivity contribution in [2.45, 2.75) is 24.8 Å². The lowest BCUT2D eigenvalue weighted by molar-refractivity contribution is 0.416. The second kappa shape index (κ2) is 11.8. The number of benzene rings is 2. The predicted molar refractivity (Wildman–Crippen MR) is 148 cm³/mol. The number of nitrogens with zero attached hydrogens (tertiary/aromatic N) is 2. The number of pyridine rings is 1. The van der Waals surface area contributed by atoms with Gasteiger partial charge in [-0.2, -0.15) is 0 Å². The molecule has 9 nitrogen and oxygen atoms in total. The summed E-state index contributed by atoms with van der Waals surface area (Å²) in [6, 6.07) is 14.3. The number of methoxy groups -OCH3 is 1. The van der Waals surface area contributed by atoms with Crippen LogP contribution in [0, 0.1) is 0 Å². The van der Waals surface area contributed by atoms with E-state index in [0.717, 1.165) is 60.1 Å². The number of rotatable bonds is 8. The van der Waals surface area contributed by atoms with Gasteiger partial charge in [-0.1, -0.05) is 0 Å². The molecule has 1 fully saturated rings. The zero-order valence-corrected chi connectivity index (χ0v) is 22.2. The quantitative estimate of drug-likeness (QED) is 0.347. The first-order valence-electron chi connectivity index (χ1n) is 11.6. The maximum Gasteiger partial charge on any atom is 0.240 e. The Bertz CT molecular complexity index is 1280. The Morgan fingerprint density at radius 3 is 2.39 bits per heavy atom. The van der Waals surface area contributed by atoms with E-state index >= 15 is 0 Å². The highest BCUT2D eigenvalue weighted by Gasteiger charge is 2.18. The van der Waals surface area contributed by atoms with E-state index in [1.807, 2.05) is 12.1 Å². The molecule has 0 atom stereocenters. The number of aromatic nitrogens is 1. The third-order valence-electron chi connectivity index (χ3n) is 5.72. The largest absolute Gasteiger partial charge is 0.496 e. The summed E-state index contributed by atoms with van der Waals surface area (Å²) < 4.78 is 33.2. The average Bonchev–Trinajstić information content (AvgIpc) is 2.84. The van der Waals surface area contributed by atoms with E-state index in [1.54, 1.807) is 57.5 Å². The molecule has 1 aromatic heterocycles. The number of anilines is 4. The van der Waals surface area contributed by atoms with Gasteiger partial charge in [0.25, 0.3) is 0 Å². The van der Waals surface area contributed by atoms with Crippen LogP contribution < -0.4 is 30.7 Å². The Hall–Kier alpha value is -3.05. The summed E-state index contributed by atoms with van der Waals surface area (Å²) in [5.41, 5.74) is 10.3. The lowest BCUT2D eigenvalue weighted by Crippen LogP contribution is -2.43. The number of nitrogens with one attached hydrogen (secondary N) is 3. The van der Waals surface area contributed by atoms with Gasteiger partial charge in [0.1, 0.15) is 11.6 Å². The van der Waals surface area contributed by atoms with Gasteiger partial charge in [0, 0.05) is 73.1 Å². The van der Waals surface area contributed by atoms with Crippen LogP contribution in [0.25, 0.3) is 11.1 Å². The molecule has 2 heterocycles. The Labute approximate surface area is 218 Å². The second-order valence-corrected chi connectivity index (χ2v) is 10.4. The van der Waals surface area contributed by atoms with Crippen molar-refractivity contribution in [2.24, 2.45) is 0 Å². The Balaban J connectivity index is 0.00000361. The molecule has 0 bridgehead atoms. The number of piperazine rings is 1. The van der Waals surface area contributed by atoms with Gasteiger partial charge in [-0.15, -0.1) is 12.4 Å². The van der Waals surface area contributed by atoms with Crippen molar-refractivity contribution in [3.05, 3.63) is 54.7 Å². The molecular weight excluding hydrogens is 500 g/mol. The molecule has 5 N–H and O–H groups in total. The van der Waals surface area contributed by atoms with E-state index < -0.39 is 10.0 Å². The summed E-state index contributed by atoms with van der Waals surface area (Å²) >= 11 is 0. The monoisotopic (exact) mass is 532 g/mol. The topological polar surface area (TPSA) is 122 Å². The minimum atomic E-state index is -3.56. The molecule has 0 aliphatic carbocycles. The highest BCUT2D eigenvalue weighted by molar-refractivity contribution is 7.89. The molecule has 1 aliphatic rings. The van der Waals surface area contributed by atoms with Crippen LogP contribution in [0.1, 0.15) is 13.8 Å². The van der Waals surface area contributed by atoms with Crippen LogP contribution in [-0.4, -0.2) is 52.7 Å². The summed E-state index contributed by atoms with van der Waals surface area (Å²) in [4.78, 5) is 6.83. The Morgan fingerprint density at radius 2 is 1.75 bits per heavy atom. The van der Waals surface area contributed by atoms with Gasteiger partial charge in [-0.05, 0) is 50.2 Å². The summed E-state index contributed by atoms with van der Waals surface area (Å²) in [5.74, 6) is 1.10. The molecule has 3 aromatic rings. The van der Waals surface area contributed by atoms with Gasteiger partial charge in [0.05, 0.1) is 17.7 Å². The van der Waals surface area contributed by atoms with Crippen molar-refractivity contribution < 1.29 is 13.2 Å². The van der Waals surface area contributed by atoms with Crippen molar-refractivity contribution >= 4 is 45.3 Å². The number of nitrogen functional groups attached to an aromatic ring is 1. The summed E-state index contributed by atoms with van der Waals surface area (Å²) in [6.45, 7) is 7.36. The molecule has 36 heavy (non-hydrogen) atoms. The smallest absolute Gasteiger partial charge is 0.240 e. The third kappa shape index (κ3) is 6.38. The van der Waals surface area contributed by atoms with Gasteiger partial charge in [0.2, 0.25) is 10.0 Å². The van der Waals surface area contributed by atoms with E-state index in [9.17, 15) is 8.42 Å². The molecule has 4 rings (SSSR count). The van der Waals surface area contributed by atoms with Crippen molar-refractivity contribution in [3.8, 4) is 16.9 Å². The minimum absolute atomic E-state index is 0. The second-order valence-electron chi connectivity index (χ2n) is 8.70. The maximum atomic E-state index is 12.4. The van der Waals surface area contributed by atoms with E-state index in [0.29, 0.717) is 5.82 Å². The first kappa shape index (κ1) is 27.5. The number of halogens is 1. The van der Waals surface area contributed by atoms with Crippen LogP contribution in [0.2, 0.25) is 0 Å². The van der Waals surface area contributed by atoms with Crippen molar-refractivity contribution in [2.75, 3.05) is 49.2 Å². The third-order valence-corrected chi connectivity index (χ3v) is 7.39. The van der Waals surface area contributed by atoms with Crippen LogP contribution in [0.4, 0.5) is 22.9 Å². The molecule has 2 aromatic carbocycles. The van der Waals surface area contributed by atoms with E-state index in [1.165, 1.54) is 0 Å². The van der Waals surface area contributed by atoms with Crippen molar-refractivity contribution in [3.63, 3.8) is 0 Å². The molecule has 0 unspecified atom stereocenters. The predicted octanol–water partition coefficient (Wildman–Crippen LogP) is 3.60. The highest BCUT2D eigenvalue weighted by Crippen LogP contribution is 2.39. The maximum absolute atomic E-state index is 12.4. The highest BCUT2D eigenvalue weighted by atomic mass is 35.5. The molecule has 0 radical (unpaired) electrons. The van der Waals surface area contributed by atoms with Gasteiger partial charge in [-0.25, -0.2) is 18.1 Å². The zero-order valence-electron chi connectivity index (χ0n) is 20.6. The average molecular weight is 533 g/mol. The molecule has 1 aliphatic heterocycles. The molecular formula is C25H33ClN6O3S. The first-order chi connectivity index (χ1) is 16.8. The van der Waals surface area contributed by atoms with Crippen LogP contribution in [0.3, 0.4) is 0 Å². The van der Waals surface area contributed by atoms with Gasteiger partial charge in [0.15, 0.2) is 0 Å². The van der Waals surface area contributed by atoms with Crippen LogP contribution in [0.5, 0.6) is 5.75 Å². The normalized spacial score (nSPS) is 13.8. The zero-order chi connectivity index (χ0) is 25.0. The molecule has 1 saturated heterocycles. The summed E-state index contributed by atoms with van der Waals surface area (Å²) in [7, 11) is -1.91.